The lowest BCUT2D eigenvalue weighted by atomic mass is 10.1. The number of hydrogen-bond donors (Lipinski definition) is 0. The number of morpholine rings is 1. The maximum absolute atomic E-state index is 10.9. The van der Waals surface area contributed by atoms with Crippen molar-refractivity contribution in [3.8, 4) is 0 Å². The Morgan fingerprint density at radius 3 is 0.932 bits per heavy atom. The quantitative estimate of drug-likeness (QED) is 0.243. The maximum atomic E-state index is 10.9. The minimum atomic E-state index is 0.601. The maximum Gasteiger partial charge on any atom is 0.216 e. The molecule has 5 heterocycles. The zero-order valence-electron chi connectivity index (χ0n) is 44.3. The molecule has 0 saturated carbocycles. The topological polar surface area (TPSA) is 55.2 Å². The van der Waals surface area contributed by atoms with Crippen LogP contribution >= 0.6 is 0 Å². The summed E-state index contributed by atoms with van der Waals surface area (Å²) in [6.45, 7) is 58.9. The van der Waals surface area contributed by atoms with Gasteiger partial charge in [-0.05, 0) is 129 Å². The predicted octanol–water partition coefficient (Wildman–Crippen LogP) is 8.72. The number of likely N-dealkylation sites (tertiary alicyclic amines) is 1. The van der Waals surface area contributed by atoms with E-state index in [1.807, 2.05) is 60.4 Å². The van der Waals surface area contributed by atoms with Gasteiger partial charge in [0.05, 0.1) is 31.2 Å². The molecule has 0 aromatic rings. The fourth-order valence-electron chi connectivity index (χ4n) is 6.96. The van der Waals surface area contributed by atoms with Gasteiger partial charge in [-0.2, -0.15) is 0 Å². The van der Waals surface area contributed by atoms with E-state index in [0.717, 1.165) is 75.5 Å². The van der Waals surface area contributed by atoms with Crippen LogP contribution in [-0.4, -0.2) is 213 Å². The first-order valence-electron chi connectivity index (χ1n) is 24.9. The van der Waals surface area contributed by atoms with Crippen molar-refractivity contribution in [2.24, 2.45) is 0 Å². The van der Waals surface area contributed by atoms with Crippen LogP contribution < -0.4 is 0 Å². The molecule has 5 aliphatic rings. The van der Waals surface area contributed by atoms with Crippen molar-refractivity contribution in [3.63, 3.8) is 0 Å². The number of nitrogens with zero attached hydrogens (tertiary/aromatic N) is 9. The van der Waals surface area contributed by atoms with E-state index in [1.165, 1.54) is 91.1 Å². The molecule has 0 atom stereocenters. The summed E-state index contributed by atoms with van der Waals surface area (Å²) in [5, 5.41) is 1.83. The van der Waals surface area contributed by atoms with Crippen LogP contribution in [-0.2, 0) is 4.74 Å². The summed E-state index contributed by atoms with van der Waals surface area (Å²) in [5.74, 6) is 0. The van der Waals surface area contributed by atoms with Gasteiger partial charge in [-0.1, -0.05) is 61.8 Å². The number of piperidine rings is 1. The van der Waals surface area contributed by atoms with Gasteiger partial charge in [-0.15, -0.1) is 5.01 Å². The van der Waals surface area contributed by atoms with Gasteiger partial charge < -0.3 is 19.4 Å². The van der Waals surface area contributed by atoms with Crippen LogP contribution in [0.25, 0.3) is 0 Å². The van der Waals surface area contributed by atoms with Gasteiger partial charge in [-0.25, -0.2) is 0 Å². The third kappa shape index (κ3) is 35.3. The Labute approximate surface area is 372 Å². The van der Waals surface area contributed by atoms with Crippen molar-refractivity contribution in [2.75, 3.05) is 139 Å². The highest BCUT2D eigenvalue weighted by Gasteiger charge is 2.24. The minimum Gasteiger partial charge on any atom is -0.379 e. The monoisotopic (exact) mass is 847 g/mol. The van der Waals surface area contributed by atoms with Gasteiger partial charge in [-0.3, -0.25) is 19.6 Å². The molecule has 59 heavy (non-hydrogen) atoms. The number of rotatable bonds is 6. The second-order valence-electron chi connectivity index (χ2n) is 16.7. The van der Waals surface area contributed by atoms with E-state index in [0.29, 0.717) is 12.1 Å². The largest absolute Gasteiger partial charge is 0.379 e. The van der Waals surface area contributed by atoms with Gasteiger partial charge in [0.2, 0.25) is 7.05 Å². The van der Waals surface area contributed by atoms with E-state index in [4.69, 9.17) is 4.74 Å². The lowest BCUT2D eigenvalue weighted by molar-refractivity contribution is -0.687. The molecule has 0 N–H and O–H groups in total. The number of nitroso groups, excluding NO2 is 1. The standard InChI is InChI=1S/C9H20N2.C8H18N3O.C8H18N2.C8H17N.C7H15NO.4C2H6/c1-9(2)11-6-4-5-10(3)7-8-11;1-8(2)10-4-6-11(7-5-10)9(3)12;1-8(2)10-6-4-9(3)5-7-10;1-8(2)9-6-4-3-5-7-9;1-7(2)8-3-5-9-6-4-8;4*1-2/h9H,4-8H2,1-3H3;8H,4-7H2,1-3H3;8H,4-7H2,1-3H3;8H,3-7H2,1-2H3;7H,3-6H2,1-2H3;4*1-2H3/q;+1;;;;;;;. The third-order valence-electron chi connectivity index (χ3n) is 11.1. The minimum absolute atomic E-state index is 0.601. The van der Waals surface area contributed by atoms with Gasteiger partial charge in [0.1, 0.15) is 4.87 Å². The fraction of sp³-hybridized carbons (Fsp3) is 1.00. The average molecular weight is 847 g/mol. The van der Waals surface area contributed by atoms with Gasteiger partial charge in [0.15, 0.2) is 0 Å². The van der Waals surface area contributed by atoms with Crippen LogP contribution in [0.1, 0.15) is 150 Å². The number of piperazine rings is 2. The Bertz CT molecular complexity index is 812. The van der Waals surface area contributed by atoms with Crippen molar-refractivity contribution >= 4 is 0 Å². The number of hydrogen-bond acceptors (Lipinski definition) is 9. The zero-order valence-corrected chi connectivity index (χ0v) is 44.3. The van der Waals surface area contributed by atoms with Crippen LogP contribution in [0, 0.1) is 4.91 Å². The van der Waals surface area contributed by atoms with Crippen LogP contribution in [0.4, 0.5) is 0 Å². The van der Waals surface area contributed by atoms with Crippen molar-refractivity contribution in [3.05, 3.63) is 4.91 Å². The van der Waals surface area contributed by atoms with E-state index in [1.54, 1.807) is 7.05 Å². The van der Waals surface area contributed by atoms with Crippen LogP contribution in [0.15, 0.2) is 0 Å². The number of ether oxygens (including phenoxy) is 1. The summed E-state index contributed by atoms with van der Waals surface area (Å²) in [4.78, 5) is 29.1. The van der Waals surface area contributed by atoms with Crippen LogP contribution in [0.2, 0.25) is 0 Å². The first kappa shape index (κ1) is 64.7. The lowest BCUT2D eigenvalue weighted by Gasteiger charge is -2.34. The molecule has 5 aliphatic heterocycles. The highest BCUT2D eigenvalue weighted by molar-refractivity contribution is 4.73. The highest BCUT2D eigenvalue weighted by atomic mass is 16.5. The summed E-state index contributed by atoms with van der Waals surface area (Å²) < 4.78 is 5.21. The molecule has 11 nitrogen and oxygen atoms in total. The molecular formula is C48H112N9O2+. The van der Waals surface area contributed by atoms with E-state index in [-0.39, 0.29) is 0 Å². The van der Waals surface area contributed by atoms with Crippen LogP contribution in [0.5, 0.6) is 0 Å². The second kappa shape index (κ2) is 43.7. The molecule has 0 aliphatic carbocycles. The average Bonchev–Trinajstić information content (AvgIpc) is 3.50. The molecule has 11 heteroatoms. The molecule has 0 aromatic carbocycles. The van der Waals surface area contributed by atoms with Gasteiger partial charge in [0.25, 0.3) is 0 Å². The number of hydrazine groups is 1. The summed E-state index contributed by atoms with van der Waals surface area (Å²) in [7, 11) is 5.96. The van der Waals surface area contributed by atoms with Crippen molar-refractivity contribution in [2.45, 2.75) is 181 Å². The molecule has 5 rings (SSSR count). The lowest BCUT2D eigenvalue weighted by Crippen LogP contribution is -2.50. The Morgan fingerprint density at radius 1 is 0.356 bits per heavy atom. The molecule has 0 radical (unpaired) electrons. The van der Waals surface area contributed by atoms with E-state index in [9.17, 15) is 4.91 Å². The Kier molecular flexibility index (Phi) is 47.9. The second-order valence-corrected chi connectivity index (χ2v) is 16.7. The molecular weight excluding hydrogens is 735 g/mol. The van der Waals surface area contributed by atoms with Crippen molar-refractivity contribution in [1.82, 2.24) is 39.3 Å². The first-order chi connectivity index (χ1) is 28.1. The smallest absolute Gasteiger partial charge is 0.216 e. The summed E-state index contributed by atoms with van der Waals surface area (Å²) >= 11 is 0. The molecule has 5 saturated heterocycles. The first-order valence-corrected chi connectivity index (χ1v) is 24.9. The molecule has 0 aromatic heterocycles. The summed E-state index contributed by atoms with van der Waals surface area (Å²) in [6, 6.07) is 3.51. The summed E-state index contributed by atoms with van der Waals surface area (Å²) in [6.07, 6.45) is 5.61. The van der Waals surface area contributed by atoms with Crippen molar-refractivity contribution in [1.29, 1.82) is 0 Å². The molecule has 360 valence electrons. The van der Waals surface area contributed by atoms with Crippen LogP contribution in [0.3, 0.4) is 0 Å². The Hall–Kier alpha value is -0.920. The molecule has 0 bridgehead atoms. The predicted molar refractivity (Wildman–Crippen MR) is 264 cm³/mol. The fourth-order valence-corrected chi connectivity index (χ4v) is 6.96. The highest BCUT2D eigenvalue weighted by Crippen LogP contribution is 2.11. The summed E-state index contributed by atoms with van der Waals surface area (Å²) in [5.41, 5.74) is 0. The van der Waals surface area contributed by atoms with E-state index < -0.39 is 0 Å². The molecule has 0 spiro atoms. The zero-order chi connectivity index (χ0) is 46.3. The normalized spacial score (nSPS) is 20.1. The molecule has 0 amide bonds. The van der Waals surface area contributed by atoms with Gasteiger partial charge in [0, 0.05) is 95.7 Å². The third-order valence-corrected chi connectivity index (χ3v) is 11.1. The van der Waals surface area contributed by atoms with Gasteiger partial charge >= 0.3 is 0 Å². The van der Waals surface area contributed by atoms with Crippen molar-refractivity contribution < 1.29 is 9.61 Å². The van der Waals surface area contributed by atoms with E-state index >= 15 is 0 Å². The molecule has 5 fully saturated rings. The van der Waals surface area contributed by atoms with E-state index in [2.05, 4.69) is 118 Å². The SMILES string of the molecule is CC.CC.CC.CC.CC(C)N1CCCCC1.CC(C)N1CCCN(C)CC1.CC(C)N1CCN(C)CC1.CC(C)N1CCN([N+](C)=O)CC1.CC(C)N1CCOCC1. The Balaban J connectivity index is -0.000000308. The number of likely N-dealkylation sites (N-methyl/N-ethyl adjacent to an activating group) is 2. The molecule has 0 unspecified atom stereocenters. The Morgan fingerprint density at radius 2 is 0.627 bits per heavy atom.